The molecule has 1 aromatic heterocycles. The second kappa shape index (κ2) is 8.31. The Kier molecular flexibility index (Phi) is 5.86. The van der Waals surface area contributed by atoms with Gasteiger partial charge >= 0.3 is 0 Å². The van der Waals surface area contributed by atoms with E-state index in [1.807, 2.05) is 44.2 Å². The van der Waals surface area contributed by atoms with Crippen molar-refractivity contribution in [1.29, 1.82) is 0 Å². The van der Waals surface area contributed by atoms with Crippen molar-refractivity contribution in [3.63, 3.8) is 0 Å². The molecule has 27 heavy (non-hydrogen) atoms. The van der Waals surface area contributed by atoms with Crippen LogP contribution in [-0.2, 0) is 4.79 Å². The van der Waals surface area contributed by atoms with Crippen LogP contribution in [0, 0.1) is 19.7 Å². The number of nitrogens with zero attached hydrogens (tertiary/aromatic N) is 3. The zero-order valence-electron chi connectivity index (χ0n) is 15.4. The van der Waals surface area contributed by atoms with E-state index in [0.29, 0.717) is 16.4 Å². The van der Waals surface area contributed by atoms with Crippen LogP contribution in [0.25, 0.3) is 11.4 Å². The minimum Gasteiger partial charge on any atom is -0.315 e. The minimum atomic E-state index is -0.332. The first-order valence-corrected chi connectivity index (χ1v) is 9.48. The number of carbonyl (C=O) groups excluding carboxylic acids is 1. The minimum absolute atomic E-state index is 0.0193. The van der Waals surface area contributed by atoms with Crippen molar-refractivity contribution >= 4 is 23.4 Å². The van der Waals surface area contributed by atoms with Gasteiger partial charge in [0.15, 0.2) is 5.82 Å². The Hall–Kier alpha value is -2.73. The molecule has 2 aromatic carbocycles. The van der Waals surface area contributed by atoms with Crippen LogP contribution >= 0.6 is 11.8 Å². The van der Waals surface area contributed by atoms with Gasteiger partial charge in [-0.1, -0.05) is 36.0 Å². The molecule has 0 radical (unpaired) electrons. The van der Waals surface area contributed by atoms with Gasteiger partial charge in [0.05, 0.1) is 5.75 Å². The molecule has 0 aliphatic carbocycles. The predicted molar refractivity (Wildman–Crippen MR) is 107 cm³/mol. The Morgan fingerprint density at radius 1 is 1.07 bits per heavy atom. The quantitative estimate of drug-likeness (QED) is 0.477. The summed E-state index contributed by atoms with van der Waals surface area (Å²) in [6.07, 6.45) is 0. The standard InChI is InChI=1S/C21H20FN3OS/c1-14-6-4-9-18(10-14)25(3)20(26)13-27-19-11-15(2)23-21(24-19)16-7-5-8-17(22)12-16/h4-12H,13H2,1-3H3. The van der Waals surface area contributed by atoms with Crippen molar-refractivity contribution in [2.24, 2.45) is 0 Å². The summed E-state index contributed by atoms with van der Waals surface area (Å²) < 4.78 is 13.5. The van der Waals surface area contributed by atoms with Crippen LogP contribution in [0.3, 0.4) is 0 Å². The van der Waals surface area contributed by atoms with Crippen molar-refractivity contribution < 1.29 is 9.18 Å². The van der Waals surface area contributed by atoms with E-state index < -0.39 is 0 Å². The maximum atomic E-state index is 13.5. The molecule has 0 unspecified atom stereocenters. The number of rotatable bonds is 5. The molecule has 3 aromatic rings. The number of aromatic nitrogens is 2. The topological polar surface area (TPSA) is 46.1 Å². The lowest BCUT2D eigenvalue weighted by atomic mass is 10.2. The van der Waals surface area contributed by atoms with Crippen LogP contribution in [0.4, 0.5) is 10.1 Å². The van der Waals surface area contributed by atoms with Crippen LogP contribution in [0.1, 0.15) is 11.3 Å². The highest BCUT2D eigenvalue weighted by molar-refractivity contribution is 7.99. The van der Waals surface area contributed by atoms with Gasteiger partial charge in [0.25, 0.3) is 0 Å². The molecule has 0 saturated heterocycles. The normalized spacial score (nSPS) is 10.7. The first-order chi connectivity index (χ1) is 12.9. The molecule has 0 bridgehead atoms. The van der Waals surface area contributed by atoms with Crippen molar-refractivity contribution in [3.8, 4) is 11.4 Å². The second-order valence-corrected chi connectivity index (χ2v) is 7.26. The van der Waals surface area contributed by atoms with E-state index in [2.05, 4.69) is 9.97 Å². The average Bonchev–Trinajstić information content (AvgIpc) is 2.65. The summed E-state index contributed by atoms with van der Waals surface area (Å²) in [6, 6.07) is 15.8. The smallest absolute Gasteiger partial charge is 0.237 e. The number of hydrogen-bond donors (Lipinski definition) is 0. The van der Waals surface area contributed by atoms with Gasteiger partial charge in [0.1, 0.15) is 10.8 Å². The molecule has 0 saturated carbocycles. The van der Waals surface area contributed by atoms with Crippen molar-refractivity contribution in [3.05, 3.63) is 71.7 Å². The van der Waals surface area contributed by atoms with Crippen LogP contribution < -0.4 is 4.90 Å². The number of thioether (sulfide) groups is 1. The van der Waals surface area contributed by atoms with Gasteiger partial charge in [0.2, 0.25) is 5.91 Å². The lowest BCUT2D eigenvalue weighted by Crippen LogP contribution is -2.27. The van der Waals surface area contributed by atoms with Crippen molar-refractivity contribution in [2.75, 3.05) is 17.7 Å². The Labute approximate surface area is 162 Å². The van der Waals surface area contributed by atoms with Crippen molar-refractivity contribution in [1.82, 2.24) is 9.97 Å². The fourth-order valence-corrected chi connectivity index (χ4v) is 3.45. The zero-order chi connectivity index (χ0) is 19.4. The summed E-state index contributed by atoms with van der Waals surface area (Å²) in [6.45, 7) is 3.85. The number of halogens is 1. The van der Waals surface area contributed by atoms with E-state index >= 15 is 0 Å². The number of anilines is 1. The largest absolute Gasteiger partial charge is 0.315 e. The van der Waals surface area contributed by atoms with Crippen molar-refractivity contribution in [2.45, 2.75) is 18.9 Å². The second-order valence-electron chi connectivity index (χ2n) is 6.26. The van der Waals surface area contributed by atoms with Crippen LogP contribution in [0.2, 0.25) is 0 Å². The molecule has 4 nitrogen and oxygen atoms in total. The monoisotopic (exact) mass is 381 g/mol. The number of hydrogen-bond acceptors (Lipinski definition) is 4. The third-order valence-corrected chi connectivity index (χ3v) is 4.92. The van der Waals surface area contributed by atoms with E-state index in [4.69, 9.17) is 0 Å². The molecule has 1 amide bonds. The Bertz CT molecular complexity index is 977. The Morgan fingerprint density at radius 2 is 1.85 bits per heavy atom. The number of aryl methyl sites for hydroxylation is 2. The predicted octanol–water partition coefficient (Wildman–Crippen LogP) is 4.65. The Morgan fingerprint density at radius 3 is 2.59 bits per heavy atom. The summed E-state index contributed by atoms with van der Waals surface area (Å²) in [4.78, 5) is 23.0. The summed E-state index contributed by atoms with van der Waals surface area (Å²) in [7, 11) is 1.76. The molecule has 0 spiro atoms. The van der Waals surface area contributed by atoms with Crippen LogP contribution in [0.15, 0.2) is 59.6 Å². The van der Waals surface area contributed by atoms with E-state index in [9.17, 15) is 9.18 Å². The highest BCUT2D eigenvalue weighted by Crippen LogP contribution is 2.23. The number of carbonyl (C=O) groups is 1. The molecule has 0 N–H and O–H groups in total. The summed E-state index contributed by atoms with van der Waals surface area (Å²) in [5, 5.41) is 0.688. The van der Waals surface area contributed by atoms with E-state index in [-0.39, 0.29) is 17.5 Å². The fraction of sp³-hybridized carbons (Fsp3) is 0.190. The lowest BCUT2D eigenvalue weighted by molar-refractivity contribution is -0.115. The van der Waals surface area contributed by atoms with E-state index in [0.717, 1.165) is 16.9 Å². The Balaban J connectivity index is 1.73. The van der Waals surface area contributed by atoms with E-state index in [1.165, 1.54) is 23.9 Å². The highest BCUT2D eigenvalue weighted by Gasteiger charge is 2.13. The molecule has 0 fully saturated rings. The fourth-order valence-electron chi connectivity index (χ4n) is 2.58. The van der Waals surface area contributed by atoms with Gasteiger partial charge in [-0.15, -0.1) is 0 Å². The number of benzene rings is 2. The third kappa shape index (κ3) is 4.92. The molecular weight excluding hydrogens is 361 g/mol. The van der Waals surface area contributed by atoms with Gasteiger partial charge in [-0.3, -0.25) is 4.79 Å². The summed E-state index contributed by atoms with van der Waals surface area (Å²) >= 11 is 1.35. The van der Waals surface area contributed by atoms with E-state index in [1.54, 1.807) is 24.1 Å². The zero-order valence-corrected chi connectivity index (χ0v) is 16.3. The first kappa shape index (κ1) is 19.0. The maximum absolute atomic E-state index is 13.5. The van der Waals surface area contributed by atoms with Gasteiger partial charge in [-0.25, -0.2) is 14.4 Å². The van der Waals surface area contributed by atoms with Gasteiger partial charge in [-0.2, -0.15) is 0 Å². The van der Waals surface area contributed by atoms with Gasteiger partial charge in [0, 0.05) is 24.0 Å². The summed E-state index contributed by atoms with van der Waals surface area (Å²) in [5.41, 5.74) is 3.35. The van der Waals surface area contributed by atoms with Gasteiger partial charge < -0.3 is 4.90 Å². The maximum Gasteiger partial charge on any atom is 0.237 e. The molecule has 3 rings (SSSR count). The third-order valence-electron chi connectivity index (χ3n) is 4.02. The number of amides is 1. The molecule has 138 valence electrons. The SMILES string of the molecule is Cc1cccc(N(C)C(=O)CSc2cc(C)nc(-c3cccc(F)c3)n2)c1. The first-order valence-electron chi connectivity index (χ1n) is 8.50. The molecule has 0 aliphatic rings. The average molecular weight is 381 g/mol. The molecule has 0 atom stereocenters. The molecule has 1 heterocycles. The molecule has 0 aliphatic heterocycles. The summed E-state index contributed by atoms with van der Waals surface area (Å²) in [5.74, 6) is 0.358. The van der Waals surface area contributed by atoms with Crippen LogP contribution in [0.5, 0.6) is 0 Å². The highest BCUT2D eigenvalue weighted by atomic mass is 32.2. The van der Waals surface area contributed by atoms with Gasteiger partial charge in [-0.05, 0) is 49.7 Å². The lowest BCUT2D eigenvalue weighted by Gasteiger charge is -2.17. The molecular formula is C21H20FN3OS. The van der Waals surface area contributed by atoms with Crippen LogP contribution in [-0.4, -0.2) is 28.7 Å². The molecule has 6 heteroatoms.